The molecule has 1 amide bonds. The van der Waals surface area contributed by atoms with Crippen LogP contribution >= 0.6 is 22.7 Å². The van der Waals surface area contributed by atoms with Gasteiger partial charge in [-0.3, -0.25) is 4.79 Å². The molecule has 0 radical (unpaired) electrons. The average Bonchev–Trinajstić information content (AvgIpc) is 3.39. The molecule has 1 aromatic carbocycles. The normalized spacial score (nSPS) is 11.8. The summed E-state index contributed by atoms with van der Waals surface area (Å²) in [6.45, 7) is 2.87. The second-order valence-electron chi connectivity index (χ2n) is 5.95. The molecule has 6 nitrogen and oxygen atoms in total. The first kappa shape index (κ1) is 20.3. The summed E-state index contributed by atoms with van der Waals surface area (Å²) >= 11 is 2.99. The molecule has 0 bridgehead atoms. The van der Waals surface area contributed by atoms with Crippen LogP contribution < -0.4 is 14.8 Å². The summed E-state index contributed by atoms with van der Waals surface area (Å²) in [5, 5.41) is 5.86. The summed E-state index contributed by atoms with van der Waals surface area (Å²) in [6.07, 6.45) is 1.62. The SMILES string of the molecule is COCCOc1ccc(C(C)NC(=O)c2cnc(-c3cccs3)s2)cc1OC. The number of nitrogens with one attached hydrogen (secondary N) is 1. The summed E-state index contributed by atoms with van der Waals surface area (Å²) in [4.78, 5) is 18.6. The van der Waals surface area contributed by atoms with E-state index in [9.17, 15) is 4.79 Å². The fourth-order valence-electron chi connectivity index (χ4n) is 2.55. The first-order valence-corrected chi connectivity index (χ1v) is 10.4. The number of benzene rings is 1. The molecule has 3 aromatic rings. The lowest BCUT2D eigenvalue weighted by atomic mass is 10.1. The van der Waals surface area contributed by atoms with Gasteiger partial charge in [0, 0.05) is 7.11 Å². The monoisotopic (exact) mass is 418 g/mol. The fraction of sp³-hybridized carbons (Fsp3) is 0.300. The third-order valence-corrected chi connectivity index (χ3v) is 6.08. The molecule has 148 valence electrons. The molecular weight excluding hydrogens is 396 g/mol. The molecule has 1 unspecified atom stereocenters. The maximum atomic E-state index is 12.6. The number of ether oxygens (including phenoxy) is 3. The van der Waals surface area contributed by atoms with Crippen LogP contribution in [0.2, 0.25) is 0 Å². The van der Waals surface area contributed by atoms with E-state index < -0.39 is 0 Å². The predicted octanol–water partition coefficient (Wildman–Crippen LogP) is 4.40. The number of rotatable bonds is 9. The lowest BCUT2D eigenvalue weighted by Gasteiger charge is -2.17. The number of hydrogen-bond acceptors (Lipinski definition) is 7. The summed E-state index contributed by atoms with van der Waals surface area (Å²) in [5.74, 6) is 1.12. The van der Waals surface area contributed by atoms with Crippen molar-refractivity contribution in [2.24, 2.45) is 0 Å². The highest BCUT2D eigenvalue weighted by atomic mass is 32.1. The zero-order valence-corrected chi connectivity index (χ0v) is 17.6. The molecule has 0 aliphatic rings. The Hall–Kier alpha value is -2.42. The summed E-state index contributed by atoms with van der Waals surface area (Å²) in [7, 11) is 3.22. The minimum Gasteiger partial charge on any atom is -0.493 e. The molecule has 8 heteroatoms. The zero-order chi connectivity index (χ0) is 19.9. The Labute approximate surface area is 172 Å². The topological polar surface area (TPSA) is 69.7 Å². The van der Waals surface area contributed by atoms with Gasteiger partial charge in [0.05, 0.1) is 30.8 Å². The number of amides is 1. The van der Waals surface area contributed by atoms with Gasteiger partial charge in [-0.25, -0.2) is 4.98 Å². The highest BCUT2D eigenvalue weighted by molar-refractivity contribution is 7.21. The minimum atomic E-state index is -0.193. The van der Waals surface area contributed by atoms with Crippen molar-refractivity contribution in [3.05, 3.63) is 52.3 Å². The number of carbonyl (C=O) groups excluding carboxylic acids is 1. The number of nitrogens with zero attached hydrogens (tertiary/aromatic N) is 1. The Balaban J connectivity index is 1.66. The number of methoxy groups -OCH3 is 2. The molecule has 1 N–H and O–H groups in total. The van der Waals surface area contributed by atoms with Crippen molar-refractivity contribution in [2.45, 2.75) is 13.0 Å². The number of thiazole rings is 1. The molecule has 0 fully saturated rings. The van der Waals surface area contributed by atoms with Crippen LogP contribution in [0.25, 0.3) is 9.88 Å². The van der Waals surface area contributed by atoms with Gasteiger partial charge in [-0.2, -0.15) is 0 Å². The first-order valence-electron chi connectivity index (χ1n) is 8.72. The van der Waals surface area contributed by atoms with E-state index in [1.807, 2.05) is 42.6 Å². The molecule has 0 saturated carbocycles. The van der Waals surface area contributed by atoms with Gasteiger partial charge in [-0.15, -0.1) is 22.7 Å². The van der Waals surface area contributed by atoms with Crippen LogP contribution in [0.3, 0.4) is 0 Å². The van der Waals surface area contributed by atoms with Gasteiger partial charge in [0.15, 0.2) is 11.5 Å². The molecular formula is C20H22N2O4S2. The van der Waals surface area contributed by atoms with Crippen LogP contribution in [-0.4, -0.2) is 38.3 Å². The van der Waals surface area contributed by atoms with Crippen molar-refractivity contribution in [2.75, 3.05) is 27.4 Å². The van der Waals surface area contributed by atoms with Gasteiger partial charge in [-0.05, 0) is 36.1 Å². The van der Waals surface area contributed by atoms with E-state index in [2.05, 4.69) is 10.3 Å². The van der Waals surface area contributed by atoms with E-state index in [0.29, 0.717) is 29.6 Å². The molecule has 28 heavy (non-hydrogen) atoms. The van der Waals surface area contributed by atoms with E-state index in [1.165, 1.54) is 11.3 Å². The molecule has 1 atom stereocenters. The van der Waals surface area contributed by atoms with E-state index >= 15 is 0 Å². The second-order valence-corrected chi connectivity index (χ2v) is 7.93. The third kappa shape index (κ3) is 4.89. The zero-order valence-electron chi connectivity index (χ0n) is 15.9. The Morgan fingerprint density at radius 1 is 1.21 bits per heavy atom. The van der Waals surface area contributed by atoms with Crippen LogP contribution in [0.5, 0.6) is 11.5 Å². The minimum absolute atomic E-state index is 0.146. The largest absolute Gasteiger partial charge is 0.493 e. The van der Waals surface area contributed by atoms with Crippen molar-refractivity contribution in [3.63, 3.8) is 0 Å². The van der Waals surface area contributed by atoms with E-state index in [1.54, 1.807) is 31.8 Å². The second kappa shape index (κ2) is 9.68. The van der Waals surface area contributed by atoms with Gasteiger partial charge in [0.2, 0.25) is 0 Å². The van der Waals surface area contributed by atoms with Gasteiger partial charge in [0.1, 0.15) is 16.5 Å². The van der Waals surface area contributed by atoms with Gasteiger partial charge in [0.25, 0.3) is 5.91 Å². The molecule has 0 aliphatic heterocycles. The highest BCUT2D eigenvalue weighted by Gasteiger charge is 2.17. The van der Waals surface area contributed by atoms with Gasteiger partial charge in [-0.1, -0.05) is 12.1 Å². The number of hydrogen-bond donors (Lipinski definition) is 1. The molecule has 3 rings (SSSR count). The molecule has 0 spiro atoms. The van der Waals surface area contributed by atoms with E-state index in [-0.39, 0.29) is 11.9 Å². The Kier molecular flexibility index (Phi) is 7.02. The molecule has 0 saturated heterocycles. The van der Waals surface area contributed by atoms with Crippen molar-refractivity contribution in [3.8, 4) is 21.4 Å². The Bertz CT molecular complexity index is 909. The smallest absolute Gasteiger partial charge is 0.263 e. The fourth-order valence-corrected chi connectivity index (χ4v) is 4.18. The number of aromatic nitrogens is 1. The predicted molar refractivity (Wildman–Crippen MR) is 112 cm³/mol. The quantitative estimate of drug-likeness (QED) is 0.522. The van der Waals surface area contributed by atoms with E-state index in [0.717, 1.165) is 15.4 Å². The number of thiophene rings is 1. The molecule has 2 aromatic heterocycles. The van der Waals surface area contributed by atoms with Gasteiger partial charge >= 0.3 is 0 Å². The third-order valence-electron chi connectivity index (χ3n) is 4.04. The first-order chi connectivity index (χ1) is 13.6. The van der Waals surface area contributed by atoms with Crippen molar-refractivity contribution in [1.82, 2.24) is 10.3 Å². The molecule has 0 aliphatic carbocycles. The van der Waals surface area contributed by atoms with Crippen molar-refractivity contribution >= 4 is 28.6 Å². The number of carbonyl (C=O) groups is 1. The van der Waals surface area contributed by atoms with Crippen molar-refractivity contribution in [1.29, 1.82) is 0 Å². The lowest BCUT2D eigenvalue weighted by molar-refractivity contribution is 0.0943. The Morgan fingerprint density at radius 2 is 2.07 bits per heavy atom. The van der Waals surface area contributed by atoms with Crippen LogP contribution in [0.15, 0.2) is 41.9 Å². The van der Waals surface area contributed by atoms with Crippen LogP contribution in [-0.2, 0) is 4.74 Å². The van der Waals surface area contributed by atoms with E-state index in [4.69, 9.17) is 14.2 Å². The van der Waals surface area contributed by atoms with Crippen LogP contribution in [0, 0.1) is 0 Å². The highest BCUT2D eigenvalue weighted by Crippen LogP contribution is 2.31. The summed E-state index contributed by atoms with van der Waals surface area (Å²) < 4.78 is 16.1. The maximum Gasteiger partial charge on any atom is 0.263 e. The average molecular weight is 419 g/mol. The van der Waals surface area contributed by atoms with Gasteiger partial charge < -0.3 is 19.5 Å². The summed E-state index contributed by atoms with van der Waals surface area (Å²) in [6, 6.07) is 9.40. The summed E-state index contributed by atoms with van der Waals surface area (Å²) in [5.41, 5.74) is 0.923. The molecule has 2 heterocycles. The van der Waals surface area contributed by atoms with Crippen LogP contribution in [0.1, 0.15) is 28.2 Å². The lowest BCUT2D eigenvalue weighted by Crippen LogP contribution is -2.25. The Morgan fingerprint density at radius 3 is 2.79 bits per heavy atom. The van der Waals surface area contributed by atoms with Crippen LogP contribution in [0.4, 0.5) is 0 Å². The van der Waals surface area contributed by atoms with Crippen molar-refractivity contribution < 1.29 is 19.0 Å². The maximum absolute atomic E-state index is 12.6. The standard InChI is InChI=1S/C20H22N2O4S2/c1-13(14-6-7-15(16(11-14)25-3)26-9-8-24-2)22-19(23)18-12-21-20(28-18)17-5-4-10-27-17/h4-7,10-13H,8-9H2,1-3H3,(H,22,23).